The van der Waals surface area contributed by atoms with E-state index in [4.69, 9.17) is 4.42 Å². The molecule has 1 aliphatic heterocycles. The number of hydrogen-bond acceptors (Lipinski definition) is 3. The average molecular weight is 287 g/mol. The summed E-state index contributed by atoms with van der Waals surface area (Å²) in [4.78, 5) is 14.3. The predicted octanol–water partition coefficient (Wildman–Crippen LogP) is 3.49. The number of rotatable bonds is 4. The van der Waals surface area contributed by atoms with E-state index in [0.29, 0.717) is 6.42 Å². The second-order valence-electron chi connectivity index (χ2n) is 4.81. The molecule has 0 N–H and O–H groups in total. The molecule has 1 aromatic carbocycles. The van der Waals surface area contributed by atoms with E-state index >= 15 is 0 Å². The lowest BCUT2D eigenvalue weighted by atomic mass is 10.1. The SMILES string of the molecule is O=C(CCc1ccccc1)N1CCS[C@H]1c1ccco1. The van der Waals surface area contributed by atoms with Gasteiger partial charge in [0.2, 0.25) is 5.91 Å². The number of benzene rings is 1. The maximum absolute atomic E-state index is 12.4. The van der Waals surface area contributed by atoms with Crippen LogP contribution in [-0.4, -0.2) is 23.1 Å². The van der Waals surface area contributed by atoms with Crippen molar-refractivity contribution < 1.29 is 9.21 Å². The van der Waals surface area contributed by atoms with Crippen molar-refractivity contribution in [1.82, 2.24) is 4.90 Å². The van der Waals surface area contributed by atoms with Crippen LogP contribution >= 0.6 is 11.8 Å². The highest BCUT2D eigenvalue weighted by Gasteiger charge is 2.31. The molecule has 1 amide bonds. The van der Waals surface area contributed by atoms with Crippen molar-refractivity contribution >= 4 is 17.7 Å². The largest absolute Gasteiger partial charge is 0.466 e. The molecule has 104 valence electrons. The molecule has 1 atom stereocenters. The summed E-state index contributed by atoms with van der Waals surface area (Å²) in [7, 11) is 0. The van der Waals surface area contributed by atoms with Gasteiger partial charge in [0.25, 0.3) is 0 Å². The topological polar surface area (TPSA) is 33.5 Å². The molecule has 0 radical (unpaired) electrons. The van der Waals surface area contributed by atoms with Crippen LogP contribution in [-0.2, 0) is 11.2 Å². The Morgan fingerprint density at radius 3 is 2.85 bits per heavy atom. The molecule has 2 heterocycles. The fourth-order valence-electron chi connectivity index (χ4n) is 2.43. The second kappa shape index (κ2) is 6.18. The molecule has 4 heteroatoms. The Morgan fingerprint density at radius 2 is 2.10 bits per heavy atom. The van der Waals surface area contributed by atoms with Crippen LogP contribution in [0, 0.1) is 0 Å². The summed E-state index contributed by atoms with van der Waals surface area (Å²) in [5.74, 6) is 2.06. The van der Waals surface area contributed by atoms with Gasteiger partial charge in [-0.1, -0.05) is 30.3 Å². The van der Waals surface area contributed by atoms with Crippen molar-refractivity contribution in [3.8, 4) is 0 Å². The van der Waals surface area contributed by atoms with Gasteiger partial charge in [0.1, 0.15) is 11.1 Å². The summed E-state index contributed by atoms with van der Waals surface area (Å²) in [5, 5.41) is 0.0493. The van der Waals surface area contributed by atoms with Gasteiger partial charge in [-0.05, 0) is 24.1 Å². The molecule has 3 nitrogen and oxygen atoms in total. The lowest BCUT2D eigenvalue weighted by molar-refractivity contribution is -0.131. The predicted molar refractivity (Wildman–Crippen MR) is 80.4 cm³/mol. The zero-order valence-corrected chi connectivity index (χ0v) is 12.0. The molecule has 0 bridgehead atoms. The highest BCUT2D eigenvalue weighted by atomic mass is 32.2. The van der Waals surface area contributed by atoms with Crippen LogP contribution in [0.25, 0.3) is 0 Å². The molecule has 20 heavy (non-hydrogen) atoms. The van der Waals surface area contributed by atoms with Crippen molar-refractivity contribution in [2.45, 2.75) is 18.2 Å². The molecular formula is C16H17NO2S. The molecule has 1 saturated heterocycles. The van der Waals surface area contributed by atoms with Crippen LogP contribution in [0.15, 0.2) is 53.1 Å². The fraction of sp³-hybridized carbons (Fsp3) is 0.312. The van der Waals surface area contributed by atoms with Gasteiger partial charge in [0.05, 0.1) is 6.26 Å². The molecule has 1 fully saturated rings. The van der Waals surface area contributed by atoms with Gasteiger partial charge in [0, 0.05) is 18.7 Å². The number of furan rings is 1. The van der Waals surface area contributed by atoms with Crippen LogP contribution in [0.1, 0.15) is 23.1 Å². The minimum absolute atomic E-state index is 0.0493. The van der Waals surface area contributed by atoms with Crippen molar-refractivity contribution in [2.24, 2.45) is 0 Å². The number of carbonyl (C=O) groups is 1. The standard InChI is InChI=1S/C16H17NO2S/c18-15(9-8-13-5-2-1-3-6-13)17-10-12-20-16(17)14-7-4-11-19-14/h1-7,11,16H,8-10,12H2/t16-/m0/s1. The van der Waals surface area contributed by atoms with Gasteiger partial charge in [-0.3, -0.25) is 4.79 Å². The molecule has 0 unspecified atom stereocenters. The first kappa shape index (κ1) is 13.3. The summed E-state index contributed by atoms with van der Waals surface area (Å²) < 4.78 is 5.45. The van der Waals surface area contributed by atoms with Crippen molar-refractivity contribution in [1.29, 1.82) is 0 Å². The number of hydrogen-bond donors (Lipinski definition) is 0. The molecule has 0 spiro atoms. The molecule has 2 aromatic rings. The van der Waals surface area contributed by atoms with Crippen molar-refractivity contribution in [2.75, 3.05) is 12.3 Å². The molecule has 1 aliphatic rings. The molecule has 0 saturated carbocycles. The maximum Gasteiger partial charge on any atom is 0.224 e. The summed E-state index contributed by atoms with van der Waals surface area (Å²) in [6.07, 6.45) is 3.02. The fourth-order valence-corrected chi connectivity index (χ4v) is 3.66. The molecular weight excluding hydrogens is 270 g/mol. The second-order valence-corrected chi connectivity index (χ2v) is 6.00. The van der Waals surface area contributed by atoms with Gasteiger partial charge in [-0.25, -0.2) is 0 Å². The van der Waals surface area contributed by atoms with Gasteiger partial charge in [-0.15, -0.1) is 11.8 Å². The third-order valence-electron chi connectivity index (χ3n) is 3.47. The summed E-state index contributed by atoms with van der Waals surface area (Å²) >= 11 is 1.77. The third kappa shape index (κ3) is 2.90. The first-order chi connectivity index (χ1) is 9.84. The van der Waals surface area contributed by atoms with Gasteiger partial charge >= 0.3 is 0 Å². The Morgan fingerprint density at radius 1 is 1.25 bits per heavy atom. The number of amides is 1. The Bertz CT molecular complexity index is 553. The Labute approximate surface area is 123 Å². The number of carbonyl (C=O) groups excluding carboxylic acids is 1. The van der Waals surface area contributed by atoms with E-state index in [1.54, 1.807) is 18.0 Å². The van der Waals surface area contributed by atoms with Crippen molar-refractivity contribution in [3.63, 3.8) is 0 Å². The van der Waals surface area contributed by atoms with E-state index in [1.807, 2.05) is 35.2 Å². The third-order valence-corrected chi connectivity index (χ3v) is 4.69. The first-order valence-electron chi connectivity index (χ1n) is 6.83. The van der Waals surface area contributed by atoms with Crippen LogP contribution in [0.2, 0.25) is 0 Å². The van der Waals surface area contributed by atoms with E-state index in [9.17, 15) is 4.79 Å². The van der Waals surface area contributed by atoms with Crippen LogP contribution in [0.4, 0.5) is 0 Å². The molecule has 3 rings (SSSR count). The summed E-state index contributed by atoms with van der Waals surface area (Å²) in [6.45, 7) is 0.809. The maximum atomic E-state index is 12.4. The minimum atomic E-state index is 0.0493. The minimum Gasteiger partial charge on any atom is -0.466 e. The van der Waals surface area contributed by atoms with E-state index in [2.05, 4.69) is 12.1 Å². The summed E-state index contributed by atoms with van der Waals surface area (Å²) in [5.41, 5.74) is 1.21. The van der Waals surface area contributed by atoms with Crippen LogP contribution in [0.5, 0.6) is 0 Å². The molecule has 1 aromatic heterocycles. The quantitative estimate of drug-likeness (QED) is 0.863. The van der Waals surface area contributed by atoms with Gasteiger partial charge in [0.15, 0.2) is 0 Å². The monoisotopic (exact) mass is 287 g/mol. The van der Waals surface area contributed by atoms with Gasteiger partial charge < -0.3 is 9.32 Å². The Kier molecular flexibility index (Phi) is 4.11. The first-order valence-corrected chi connectivity index (χ1v) is 7.88. The zero-order chi connectivity index (χ0) is 13.8. The molecule has 0 aliphatic carbocycles. The Hall–Kier alpha value is -1.68. The number of aryl methyl sites for hydroxylation is 1. The lowest BCUT2D eigenvalue weighted by Crippen LogP contribution is -2.30. The van der Waals surface area contributed by atoms with Crippen molar-refractivity contribution in [3.05, 3.63) is 60.1 Å². The van der Waals surface area contributed by atoms with Crippen LogP contribution < -0.4 is 0 Å². The number of nitrogens with zero attached hydrogens (tertiary/aromatic N) is 1. The lowest BCUT2D eigenvalue weighted by Gasteiger charge is -2.22. The Balaban J connectivity index is 1.62. The van der Waals surface area contributed by atoms with E-state index in [-0.39, 0.29) is 11.3 Å². The summed E-state index contributed by atoms with van der Waals surface area (Å²) in [6, 6.07) is 14.0. The van der Waals surface area contributed by atoms with Gasteiger partial charge in [-0.2, -0.15) is 0 Å². The average Bonchev–Trinajstić information content (AvgIpc) is 3.15. The van der Waals surface area contributed by atoms with E-state index in [0.717, 1.165) is 24.5 Å². The van der Waals surface area contributed by atoms with E-state index < -0.39 is 0 Å². The highest BCUT2D eigenvalue weighted by molar-refractivity contribution is 7.99. The van der Waals surface area contributed by atoms with Crippen LogP contribution in [0.3, 0.4) is 0 Å². The zero-order valence-electron chi connectivity index (χ0n) is 11.2. The van der Waals surface area contributed by atoms with E-state index in [1.165, 1.54) is 5.56 Å². The highest BCUT2D eigenvalue weighted by Crippen LogP contribution is 2.38. The smallest absolute Gasteiger partial charge is 0.224 e. The number of thioether (sulfide) groups is 1. The normalized spacial score (nSPS) is 18.4.